The number of H-pyrrole nitrogens is 1. The highest BCUT2D eigenvalue weighted by Gasteiger charge is 2.19. The Labute approximate surface area is 147 Å². The Balaban J connectivity index is 1.88. The van der Waals surface area contributed by atoms with Crippen molar-refractivity contribution in [2.24, 2.45) is 7.05 Å². The average molecular weight is 344 g/mol. The van der Waals surface area contributed by atoms with Crippen LogP contribution in [-0.4, -0.2) is 29.7 Å². The van der Waals surface area contributed by atoms with Crippen molar-refractivity contribution in [3.63, 3.8) is 0 Å². The number of aromatic amines is 1. The zero-order valence-corrected chi connectivity index (χ0v) is 13.8. The van der Waals surface area contributed by atoms with Crippen molar-refractivity contribution >= 4 is 21.9 Å². The number of aromatic nitrogens is 6. The maximum absolute atomic E-state index is 14.7. The molecular formula is C19H13FN6. The summed E-state index contributed by atoms with van der Waals surface area (Å²) in [5.74, 6) is -0.387. The minimum absolute atomic E-state index is 0.387. The van der Waals surface area contributed by atoms with E-state index in [1.165, 1.54) is 6.20 Å². The van der Waals surface area contributed by atoms with E-state index in [-0.39, 0.29) is 5.82 Å². The second-order valence-electron chi connectivity index (χ2n) is 6.03. The maximum Gasteiger partial charge on any atom is 0.151 e. The van der Waals surface area contributed by atoms with Gasteiger partial charge in [0.1, 0.15) is 5.65 Å². The van der Waals surface area contributed by atoms with E-state index < -0.39 is 0 Å². The number of nitrogens with zero attached hydrogens (tertiary/aromatic N) is 5. The number of aryl methyl sites for hydroxylation is 1. The molecule has 0 aliphatic rings. The summed E-state index contributed by atoms with van der Waals surface area (Å²) < 4.78 is 16.4. The normalized spacial score (nSPS) is 11.5. The average Bonchev–Trinajstić information content (AvgIpc) is 3.25. The van der Waals surface area contributed by atoms with E-state index in [4.69, 9.17) is 0 Å². The molecule has 0 aliphatic carbocycles. The Hall–Kier alpha value is -3.61. The number of hydrogen-bond donors (Lipinski definition) is 1. The van der Waals surface area contributed by atoms with Crippen molar-refractivity contribution in [1.82, 2.24) is 29.7 Å². The smallest absolute Gasteiger partial charge is 0.151 e. The maximum atomic E-state index is 14.7. The molecule has 7 heteroatoms. The number of fused-ring (bicyclic) bond motifs is 3. The zero-order valence-electron chi connectivity index (χ0n) is 13.8. The van der Waals surface area contributed by atoms with Crippen LogP contribution in [-0.2, 0) is 7.05 Å². The Kier molecular flexibility index (Phi) is 3.08. The molecule has 126 valence electrons. The first-order valence-electron chi connectivity index (χ1n) is 8.07. The molecule has 0 spiro atoms. The lowest BCUT2D eigenvalue weighted by Gasteiger charge is -2.06. The fraction of sp³-hybridized carbons (Fsp3) is 0.0526. The monoisotopic (exact) mass is 344 g/mol. The van der Waals surface area contributed by atoms with Gasteiger partial charge in [0.15, 0.2) is 5.82 Å². The highest BCUT2D eigenvalue weighted by atomic mass is 19.1. The number of rotatable bonds is 2. The molecule has 5 rings (SSSR count). The van der Waals surface area contributed by atoms with E-state index in [9.17, 15) is 4.39 Å². The fourth-order valence-corrected chi connectivity index (χ4v) is 3.28. The van der Waals surface area contributed by atoms with Crippen LogP contribution in [0.3, 0.4) is 0 Å². The number of halogens is 1. The van der Waals surface area contributed by atoms with Crippen molar-refractivity contribution in [2.75, 3.05) is 0 Å². The van der Waals surface area contributed by atoms with E-state index in [2.05, 4.69) is 25.0 Å². The molecule has 0 radical (unpaired) electrons. The third kappa shape index (κ3) is 2.10. The Bertz CT molecular complexity index is 1260. The molecule has 0 fully saturated rings. The number of nitrogens with one attached hydrogen (secondary N) is 1. The molecule has 1 N–H and O–H groups in total. The Morgan fingerprint density at radius 3 is 2.77 bits per heavy atom. The predicted octanol–water partition coefficient (Wildman–Crippen LogP) is 3.71. The summed E-state index contributed by atoms with van der Waals surface area (Å²) in [6, 6.07) is 7.53. The quantitative estimate of drug-likeness (QED) is 0.530. The van der Waals surface area contributed by atoms with Crippen LogP contribution >= 0.6 is 0 Å². The fourth-order valence-electron chi connectivity index (χ4n) is 3.28. The van der Waals surface area contributed by atoms with Crippen molar-refractivity contribution in [2.45, 2.75) is 0 Å². The van der Waals surface area contributed by atoms with Crippen LogP contribution in [0, 0.1) is 5.82 Å². The second kappa shape index (κ2) is 5.45. The van der Waals surface area contributed by atoms with E-state index in [0.717, 1.165) is 27.5 Å². The molecule has 0 aliphatic heterocycles. The van der Waals surface area contributed by atoms with Crippen molar-refractivity contribution in [3.8, 4) is 22.5 Å². The lowest BCUT2D eigenvalue weighted by molar-refractivity contribution is 0.624. The highest BCUT2D eigenvalue weighted by Crippen LogP contribution is 2.36. The molecule has 0 unspecified atom stereocenters. The molecule has 0 saturated carbocycles. The number of pyridine rings is 3. The standard InChI is InChI=1S/C19H13FN6/c1-26-16(4-6-24-26)18-13(20)9-23-19-17(18)12-7-14(22-10-15(12)25-19)11-3-2-5-21-8-11/h2-10H,1H3,(H,23,25). The van der Waals surface area contributed by atoms with Gasteiger partial charge in [-0.2, -0.15) is 5.10 Å². The first-order valence-corrected chi connectivity index (χ1v) is 8.07. The first kappa shape index (κ1) is 14.7. The van der Waals surface area contributed by atoms with Gasteiger partial charge < -0.3 is 4.98 Å². The van der Waals surface area contributed by atoms with Gasteiger partial charge in [-0.3, -0.25) is 14.6 Å². The third-order valence-electron chi connectivity index (χ3n) is 4.49. The minimum atomic E-state index is -0.387. The largest absolute Gasteiger partial charge is 0.338 e. The molecule has 0 aromatic carbocycles. The van der Waals surface area contributed by atoms with Gasteiger partial charge in [0.25, 0.3) is 0 Å². The third-order valence-corrected chi connectivity index (χ3v) is 4.49. The molecular weight excluding hydrogens is 331 g/mol. The summed E-state index contributed by atoms with van der Waals surface area (Å²) in [5.41, 5.74) is 4.25. The minimum Gasteiger partial charge on any atom is -0.338 e. The van der Waals surface area contributed by atoms with Gasteiger partial charge in [-0.25, -0.2) is 9.37 Å². The molecule has 0 amide bonds. The van der Waals surface area contributed by atoms with Gasteiger partial charge in [0.05, 0.1) is 29.3 Å². The van der Waals surface area contributed by atoms with Crippen LogP contribution in [0.25, 0.3) is 44.5 Å². The zero-order chi connectivity index (χ0) is 17.7. The van der Waals surface area contributed by atoms with Gasteiger partial charge in [-0.05, 0) is 24.3 Å². The van der Waals surface area contributed by atoms with Gasteiger partial charge in [0, 0.05) is 47.5 Å². The van der Waals surface area contributed by atoms with E-state index >= 15 is 0 Å². The van der Waals surface area contributed by atoms with Crippen LogP contribution in [0.4, 0.5) is 4.39 Å². The molecule has 26 heavy (non-hydrogen) atoms. The summed E-state index contributed by atoms with van der Waals surface area (Å²) in [4.78, 5) is 16.1. The van der Waals surface area contributed by atoms with E-state index in [1.807, 2.05) is 18.2 Å². The SMILES string of the molecule is Cn1nccc1-c1c(F)cnc2[nH]c3cnc(-c4cccnc4)cc3c12. The highest BCUT2D eigenvalue weighted by molar-refractivity contribution is 6.13. The van der Waals surface area contributed by atoms with Gasteiger partial charge in [-0.15, -0.1) is 0 Å². The van der Waals surface area contributed by atoms with E-state index in [1.54, 1.807) is 42.6 Å². The summed E-state index contributed by atoms with van der Waals surface area (Å²) in [6.07, 6.45) is 8.09. The van der Waals surface area contributed by atoms with Gasteiger partial charge >= 0.3 is 0 Å². The molecule has 5 aromatic rings. The van der Waals surface area contributed by atoms with Gasteiger partial charge in [-0.1, -0.05) is 0 Å². The van der Waals surface area contributed by atoms with Crippen LogP contribution in [0.2, 0.25) is 0 Å². The van der Waals surface area contributed by atoms with E-state index in [0.29, 0.717) is 16.9 Å². The van der Waals surface area contributed by atoms with Crippen LogP contribution in [0.15, 0.2) is 55.2 Å². The van der Waals surface area contributed by atoms with Crippen LogP contribution < -0.4 is 0 Å². The lowest BCUT2D eigenvalue weighted by atomic mass is 10.0. The Morgan fingerprint density at radius 1 is 1.08 bits per heavy atom. The molecule has 5 aromatic heterocycles. The summed E-state index contributed by atoms with van der Waals surface area (Å²) >= 11 is 0. The van der Waals surface area contributed by atoms with Crippen molar-refractivity contribution in [1.29, 1.82) is 0 Å². The molecule has 5 heterocycles. The van der Waals surface area contributed by atoms with Crippen molar-refractivity contribution in [3.05, 3.63) is 61.1 Å². The number of hydrogen-bond acceptors (Lipinski definition) is 4. The topological polar surface area (TPSA) is 72.3 Å². The first-order chi connectivity index (χ1) is 12.7. The second-order valence-corrected chi connectivity index (χ2v) is 6.03. The molecule has 0 bridgehead atoms. The Morgan fingerprint density at radius 2 is 2.00 bits per heavy atom. The predicted molar refractivity (Wildman–Crippen MR) is 96.8 cm³/mol. The summed E-state index contributed by atoms with van der Waals surface area (Å²) in [6.45, 7) is 0. The van der Waals surface area contributed by atoms with Crippen molar-refractivity contribution < 1.29 is 4.39 Å². The molecule has 6 nitrogen and oxygen atoms in total. The lowest BCUT2D eigenvalue weighted by Crippen LogP contribution is -1.97. The summed E-state index contributed by atoms with van der Waals surface area (Å²) in [7, 11) is 1.79. The van der Waals surface area contributed by atoms with Crippen LogP contribution in [0.5, 0.6) is 0 Å². The van der Waals surface area contributed by atoms with Gasteiger partial charge in [0.2, 0.25) is 0 Å². The summed E-state index contributed by atoms with van der Waals surface area (Å²) in [5, 5.41) is 5.75. The van der Waals surface area contributed by atoms with Crippen LogP contribution in [0.1, 0.15) is 0 Å². The molecule has 0 atom stereocenters. The molecule has 0 saturated heterocycles.